The molecule has 0 saturated heterocycles. The molecule has 0 unspecified atom stereocenters. The normalized spacial score (nSPS) is 11.1. The molecule has 176 valence electrons. The van der Waals surface area contributed by atoms with E-state index in [0.717, 1.165) is 12.1 Å². The van der Waals surface area contributed by atoms with Crippen LogP contribution in [0, 0.1) is 0 Å². The molecule has 2 aromatic heterocycles. The number of methoxy groups -OCH3 is 1. The van der Waals surface area contributed by atoms with Gasteiger partial charge in [-0.3, -0.25) is 14.0 Å². The Morgan fingerprint density at radius 2 is 1.83 bits per heavy atom. The number of aryl methyl sites for hydroxylation is 1. The zero-order valence-electron chi connectivity index (χ0n) is 19.3. The molecule has 0 aliphatic rings. The van der Waals surface area contributed by atoms with Gasteiger partial charge in [-0.2, -0.15) is 0 Å². The average molecular weight is 486 g/mol. The number of fused-ring (bicyclic) bond motifs is 3. The second kappa shape index (κ2) is 9.63. The number of para-hydroxylation sites is 1. The molecule has 0 saturated carbocycles. The number of hydrogen-bond acceptors (Lipinski definition) is 6. The fourth-order valence-corrected chi connectivity index (χ4v) is 4.65. The summed E-state index contributed by atoms with van der Waals surface area (Å²) in [4.78, 5) is 26.1. The Bertz CT molecular complexity index is 1590. The van der Waals surface area contributed by atoms with Gasteiger partial charge in [0.1, 0.15) is 5.75 Å². The smallest absolute Gasteiger partial charge is 0.267 e. The summed E-state index contributed by atoms with van der Waals surface area (Å²) in [6, 6.07) is 22.3. The average Bonchev–Trinajstić information content (AvgIpc) is 3.32. The van der Waals surface area contributed by atoms with Gasteiger partial charge in [0.2, 0.25) is 11.7 Å². The number of hydrogen-bond donors (Lipinski definition) is 1. The first-order chi connectivity index (χ1) is 17.1. The van der Waals surface area contributed by atoms with Crippen LogP contribution < -0.4 is 15.6 Å². The van der Waals surface area contributed by atoms with Crippen LogP contribution in [0.2, 0.25) is 0 Å². The summed E-state index contributed by atoms with van der Waals surface area (Å²) >= 11 is 1.26. The Kier molecular flexibility index (Phi) is 6.24. The second-order valence-electron chi connectivity index (χ2n) is 7.86. The van der Waals surface area contributed by atoms with Gasteiger partial charge in [-0.15, -0.1) is 10.2 Å². The maximum Gasteiger partial charge on any atom is 0.267 e. The largest absolute Gasteiger partial charge is 0.497 e. The lowest BCUT2D eigenvalue weighted by atomic mass is 10.1. The minimum Gasteiger partial charge on any atom is -0.497 e. The molecule has 35 heavy (non-hydrogen) atoms. The van der Waals surface area contributed by atoms with Crippen LogP contribution >= 0.6 is 11.8 Å². The number of rotatable bonds is 7. The van der Waals surface area contributed by atoms with Crippen LogP contribution in [0.1, 0.15) is 12.5 Å². The third-order valence-electron chi connectivity index (χ3n) is 5.68. The second-order valence-corrected chi connectivity index (χ2v) is 8.81. The predicted octanol–water partition coefficient (Wildman–Crippen LogP) is 4.34. The molecule has 0 atom stereocenters. The minimum absolute atomic E-state index is 0.142. The molecule has 0 bridgehead atoms. The fourth-order valence-electron chi connectivity index (χ4n) is 3.91. The highest BCUT2D eigenvalue weighted by Crippen LogP contribution is 2.24. The van der Waals surface area contributed by atoms with Gasteiger partial charge in [-0.25, -0.2) is 4.57 Å². The van der Waals surface area contributed by atoms with E-state index in [1.54, 1.807) is 19.2 Å². The van der Waals surface area contributed by atoms with Crippen molar-refractivity contribution in [3.05, 3.63) is 88.7 Å². The number of carbonyl (C=O) groups excluding carboxylic acids is 1. The first kappa shape index (κ1) is 22.7. The van der Waals surface area contributed by atoms with Crippen molar-refractivity contribution in [1.82, 2.24) is 19.2 Å². The predicted molar refractivity (Wildman–Crippen MR) is 138 cm³/mol. The molecule has 1 amide bonds. The Balaban J connectivity index is 1.52. The number of ether oxygens (including phenoxy) is 1. The summed E-state index contributed by atoms with van der Waals surface area (Å²) in [5, 5.41) is 12.6. The summed E-state index contributed by atoms with van der Waals surface area (Å²) < 4.78 is 8.66. The minimum atomic E-state index is -0.210. The number of amides is 1. The molecule has 1 N–H and O–H groups in total. The van der Waals surface area contributed by atoms with Crippen molar-refractivity contribution >= 4 is 40.0 Å². The van der Waals surface area contributed by atoms with E-state index in [4.69, 9.17) is 4.74 Å². The van der Waals surface area contributed by atoms with Crippen LogP contribution in [0.5, 0.6) is 5.75 Å². The lowest BCUT2D eigenvalue weighted by molar-refractivity contribution is -0.113. The van der Waals surface area contributed by atoms with Gasteiger partial charge in [-0.05, 0) is 48.4 Å². The standard InChI is InChI=1S/C26H23N5O3S/c1-3-17-11-13-18(14-12-17)27-23(32)16-35-26-29-28-25-30(19-7-6-8-20(15-19)34-2)24(33)21-9-4-5-10-22(21)31(25)26/h4-15H,3,16H2,1-2H3,(H,27,32). The number of aromatic nitrogens is 4. The first-order valence-electron chi connectivity index (χ1n) is 11.1. The van der Waals surface area contributed by atoms with Gasteiger partial charge < -0.3 is 10.1 Å². The van der Waals surface area contributed by atoms with Crippen molar-refractivity contribution in [2.45, 2.75) is 18.5 Å². The molecule has 9 heteroatoms. The highest BCUT2D eigenvalue weighted by molar-refractivity contribution is 7.99. The summed E-state index contributed by atoms with van der Waals surface area (Å²) in [6.45, 7) is 2.09. The molecular weight excluding hydrogens is 462 g/mol. The zero-order chi connectivity index (χ0) is 24.4. The zero-order valence-corrected chi connectivity index (χ0v) is 20.1. The Labute approximate surface area is 205 Å². The number of anilines is 1. The number of thioether (sulfide) groups is 1. The highest BCUT2D eigenvalue weighted by Gasteiger charge is 2.19. The molecule has 0 radical (unpaired) electrons. The summed E-state index contributed by atoms with van der Waals surface area (Å²) in [7, 11) is 1.58. The van der Waals surface area contributed by atoms with Gasteiger partial charge in [0.25, 0.3) is 5.56 Å². The Morgan fingerprint density at radius 1 is 1.03 bits per heavy atom. The molecule has 5 rings (SSSR count). The van der Waals surface area contributed by atoms with Crippen LogP contribution in [0.4, 0.5) is 5.69 Å². The van der Waals surface area contributed by atoms with Crippen LogP contribution in [0.25, 0.3) is 22.4 Å². The van der Waals surface area contributed by atoms with Crippen molar-refractivity contribution in [3.63, 3.8) is 0 Å². The molecule has 0 aliphatic carbocycles. The molecule has 5 aromatic rings. The van der Waals surface area contributed by atoms with Crippen LogP contribution in [0.15, 0.2) is 82.7 Å². The Hall–Kier alpha value is -4.11. The van der Waals surface area contributed by atoms with Gasteiger partial charge in [0, 0.05) is 11.8 Å². The van der Waals surface area contributed by atoms with Crippen LogP contribution in [-0.4, -0.2) is 37.9 Å². The summed E-state index contributed by atoms with van der Waals surface area (Å²) in [5.41, 5.74) is 3.04. The van der Waals surface area contributed by atoms with Crippen LogP contribution in [0.3, 0.4) is 0 Å². The van der Waals surface area contributed by atoms with E-state index in [9.17, 15) is 9.59 Å². The summed E-state index contributed by atoms with van der Waals surface area (Å²) in [5.74, 6) is 0.975. The topological polar surface area (TPSA) is 90.5 Å². The maximum atomic E-state index is 13.4. The van der Waals surface area contributed by atoms with E-state index in [1.807, 2.05) is 65.1 Å². The molecule has 0 fully saturated rings. The third-order valence-corrected chi connectivity index (χ3v) is 6.61. The van der Waals surface area contributed by atoms with Crippen molar-refractivity contribution in [3.8, 4) is 11.4 Å². The third kappa shape index (κ3) is 4.38. The quantitative estimate of drug-likeness (QED) is 0.345. The van der Waals surface area contributed by atoms with Gasteiger partial charge in [0.05, 0.1) is 29.5 Å². The van der Waals surface area contributed by atoms with E-state index in [-0.39, 0.29) is 17.2 Å². The van der Waals surface area contributed by atoms with Crippen molar-refractivity contribution in [2.24, 2.45) is 0 Å². The summed E-state index contributed by atoms with van der Waals surface area (Å²) in [6.07, 6.45) is 0.943. The lowest BCUT2D eigenvalue weighted by Crippen LogP contribution is -2.22. The first-order valence-corrected chi connectivity index (χ1v) is 12.1. The lowest BCUT2D eigenvalue weighted by Gasteiger charge is -2.12. The van der Waals surface area contributed by atoms with Crippen molar-refractivity contribution in [2.75, 3.05) is 18.2 Å². The van der Waals surface area contributed by atoms with E-state index in [0.29, 0.717) is 33.3 Å². The van der Waals surface area contributed by atoms with E-state index < -0.39 is 0 Å². The molecule has 0 aliphatic heterocycles. The SMILES string of the molecule is CCc1ccc(NC(=O)CSc2nnc3n(-c4cccc(OC)c4)c(=O)c4ccccc4n23)cc1. The molecule has 0 spiro atoms. The molecule has 2 heterocycles. The molecular formula is C26H23N5O3S. The van der Waals surface area contributed by atoms with E-state index in [2.05, 4.69) is 22.4 Å². The monoisotopic (exact) mass is 485 g/mol. The van der Waals surface area contributed by atoms with E-state index in [1.165, 1.54) is 21.9 Å². The van der Waals surface area contributed by atoms with Gasteiger partial charge >= 0.3 is 0 Å². The maximum absolute atomic E-state index is 13.4. The number of nitrogens with one attached hydrogen (secondary N) is 1. The number of nitrogens with zero attached hydrogens (tertiary/aromatic N) is 4. The van der Waals surface area contributed by atoms with E-state index >= 15 is 0 Å². The Morgan fingerprint density at radius 3 is 2.60 bits per heavy atom. The van der Waals surface area contributed by atoms with Gasteiger partial charge in [0.15, 0.2) is 5.16 Å². The van der Waals surface area contributed by atoms with Gasteiger partial charge in [-0.1, -0.05) is 49.0 Å². The fraction of sp³-hybridized carbons (Fsp3) is 0.154. The van der Waals surface area contributed by atoms with Crippen LogP contribution in [-0.2, 0) is 11.2 Å². The number of benzene rings is 3. The highest BCUT2D eigenvalue weighted by atomic mass is 32.2. The number of carbonyl (C=O) groups is 1. The van der Waals surface area contributed by atoms with Crippen molar-refractivity contribution < 1.29 is 9.53 Å². The molecule has 3 aromatic carbocycles. The van der Waals surface area contributed by atoms with Crippen molar-refractivity contribution in [1.29, 1.82) is 0 Å². The molecule has 8 nitrogen and oxygen atoms in total.